The number of pyridine rings is 1. The van der Waals surface area contributed by atoms with Crippen LogP contribution in [0.1, 0.15) is 25.8 Å². The van der Waals surface area contributed by atoms with Crippen molar-refractivity contribution in [2.45, 2.75) is 27.2 Å². The first-order valence-corrected chi connectivity index (χ1v) is 6.74. The van der Waals surface area contributed by atoms with Crippen LogP contribution in [-0.4, -0.2) is 18.1 Å². The van der Waals surface area contributed by atoms with Crippen molar-refractivity contribution in [3.63, 3.8) is 0 Å². The molecule has 1 saturated heterocycles. The van der Waals surface area contributed by atoms with Gasteiger partial charge in [0.2, 0.25) is 0 Å². The van der Waals surface area contributed by atoms with E-state index in [1.807, 2.05) is 6.20 Å². The third-order valence-electron chi connectivity index (χ3n) is 3.65. The topological polar surface area (TPSA) is 16.1 Å². The lowest BCUT2D eigenvalue weighted by atomic mass is 9.88. The van der Waals surface area contributed by atoms with Gasteiger partial charge in [0.05, 0.1) is 0 Å². The zero-order chi connectivity index (χ0) is 11.7. The quantitative estimate of drug-likeness (QED) is 0.782. The van der Waals surface area contributed by atoms with Gasteiger partial charge in [0.1, 0.15) is 5.82 Å². The predicted octanol–water partition coefficient (Wildman–Crippen LogP) is 3.63. The van der Waals surface area contributed by atoms with E-state index in [0.29, 0.717) is 0 Å². The van der Waals surface area contributed by atoms with Crippen LogP contribution >= 0.6 is 15.9 Å². The van der Waals surface area contributed by atoms with Gasteiger partial charge in [0.15, 0.2) is 0 Å². The van der Waals surface area contributed by atoms with E-state index in [4.69, 9.17) is 0 Å². The van der Waals surface area contributed by atoms with Crippen molar-refractivity contribution in [1.82, 2.24) is 4.98 Å². The number of rotatable bonds is 1. The van der Waals surface area contributed by atoms with Gasteiger partial charge in [0, 0.05) is 23.8 Å². The number of nitrogens with zero attached hydrogens (tertiary/aromatic N) is 2. The van der Waals surface area contributed by atoms with E-state index in [1.54, 1.807) is 0 Å². The summed E-state index contributed by atoms with van der Waals surface area (Å²) in [5, 5.41) is 0. The van der Waals surface area contributed by atoms with Gasteiger partial charge in [-0.3, -0.25) is 0 Å². The second-order valence-electron chi connectivity index (χ2n) is 4.98. The van der Waals surface area contributed by atoms with E-state index in [1.165, 1.54) is 12.0 Å². The molecule has 2 heterocycles. The molecule has 1 aliphatic heterocycles. The van der Waals surface area contributed by atoms with E-state index in [-0.39, 0.29) is 0 Å². The van der Waals surface area contributed by atoms with Crippen molar-refractivity contribution >= 4 is 21.7 Å². The second kappa shape index (κ2) is 4.74. The van der Waals surface area contributed by atoms with Gasteiger partial charge in [-0.1, -0.05) is 13.8 Å². The Morgan fingerprint density at radius 3 is 2.75 bits per heavy atom. The molecule has 0 aliphatic carbocycles. The Hall–Kier alpha value is -0.570. The molecule has 1 aromatic heterocycles. The van der Waals surface area contributed by atoms with Crippen molar-refractivity contribution in [2.75, 3.05) is 18.0 Å². The molecule has 1 fully saturated rings. The maximum Gasteiger partial charge on any atom is 0.131 e. The summed E-state index contributed by atoms with van der Waals surface area (Å²) in [5.74, 6) is 2.76. The smallest absolute Gasteiger partial charge is 0.131 e. The molecular formula is C13H19BrN2. The molecule has 16 heavy (non-hydrogen) atoms. The first kappa shape index (κ1) is 11.9. The largest absolute Gasteiger partial charge is 0.356 e. The molecule has 0 amide bonds. The van der Waals surface area contributed by atoms with Crippen molar-refractivity contribution in [2.24, 2.45) is 11.8 Å². The number of anilines is 1. The lowest BCUT2D eigenvalue weighted by Gasteiger charge is -2.36. The summed E-state index contributed by atoms with van der Waals surface area (Å²) in [5.41, 5.74) is 1.26. The van der Waals surface area contributed by atoms with Crippen molar-refractivity contribution < 1.29 is 0 Å². The molecule has 88 valence electrons. The van der Waals surface area contributed by atoms with Crippen LogP contribution in [0.25, 0.3) is 0 Å². The molecule has 2 rings (SSSR count). The number of halogens is 1. The van der Waals surface area contributed by atoms with Gasteiger partial charge in [-0.2, -0.15) is 0 Å². The molecule has 2 atom stereocenters. The number of piperidine rings is 1. The fourth-order valence-electron chi connectivity index (χ4n) is 2.32. The molecule has 2 unspecified atom stereocenters. The SMILES string of the molecule is Cc1cc(Br)cnc1N1CCC(C)C(C)C1. The molecule has 0 aromatic carbocycles. The molecule has 0 N–H and O–H groups in total. The average Bonchev–Trinajstić information content (AvgIpc) is 2.22. The van der Waals surface area contributed by atoms with E-state index in [9.17, 15) is 0 Å². The molecule has 3 heteroatoms. The molecule has 1 aromatic rings. The van der Waals surface area contributed by atoms with Gasteiger partial charge in [0.25, 0.3) is 0 Å². The van der Waals surface area contributed by atoms with Crippen LogP contribution in [0.4, 0.5) is 5.82 Å². The summed E-state index contributed by atoms with van der Waals surface area (Å²) < 4.78 is 1.06. The average molecular weight is 283 g/mol. The lowest BCUT2D eigenvalue weighted by molar-refractivity contribution is 0.322. The van der Waals surface area contributed by atoms with Crippen LogP contribution < -0.4 is 4.90 Å². The van der Waals surface area contributed by atoms with E-state index < -0.39 is 0 Å². The van der Waals surface area contributed by atoms with E-state index in [2.05, 4.69) is 52.7 Å². The molecule has 0 spiro atoms. The minimum atomic E-state index is 0.763. The highest BCUT2D eigenvalue weighted by atomic mass is 79.9. The second-order valence-corrected chi connectivity index (χ2v) is 5.90. The van der Waals surface area contributed by atoms with Gasteiger partial charge in [-0.25, -0.2) is 4.98 Å². The molecule has 1 aliphatic rings. The highest BCUT2D eigenvalue weighted by molar-refractivity contribution is 9.10. The van der Waals surface area contributed by atoms with Crippen LogP contribution in [0.15, 0.2) is 16.7 Å². The molecule has 0 radical (unpaired) electrons. The maximum absolute atomic E-state index is 4.54. The fraction of sp³-hybridized carbons (Fsp3) is 0.615. The molecule has 0 bridgehead atoms. The lowest BCUT2D eigenvalue weighted by Crippen LogP contribution is -2.39. The van der Waals surface area contributed by atoms with Gasteiger partial charge < -0.3 is 4.90 Å². The predicted molar refractivity (Wildman–Crippen MR) is 71.8 cm³/mol. The van der Waals surface area contributed by atoms with Gasteiger partial charge in [-0.15, -0.1) is 0 Å². The third-order valence-corrected chi connectivity index (χ3v) is 4.08. The third kappa shape index (κ3) is 2.40. The Bertz CT molecular complexity index is 378. The van der Waals surface area contributed by atoms with Crippen LogP contribution in [0.3, 0.4) is 0 Å². The summed E-state index contributed by atoms with van der Waals surface area (Å²) >= 11 is 3.46. The first-order chi connectivity index (χ1) is 7.58. The highest BCUT2D eigenvalue weighted by Gasteiger charge is 2.24. The summed E-state index contributed by atoms with van der Waals surface area (Å²) in [6, 6.07) is 2.14. The van der Waals surface area contributed by atoms with Gasteiger partial charge in [-0.05, 0) is 52.7 Å². The molecular weight excluding hydrogens is 264 g/mol. The Morgan fingerprint density at radius 2 is 2.12 bits per heavy atom. The van der Waals surface area contributed by atoms with E-state index in [0.717, 1.165) is 35.2 Å². The van der Waals surface area contributed by atoms with Crippen LogP contribution in [0.2, 0.25) is 0 Å². The normalized spacial score (nSPS) is 25.9. The minimum Gasteiger partial charge on any atom is -0.356 e. The van der Waals surface area contributed by atoms with Crippen molar-refractivity contribution in [3.8, 4) is 0 Å². The number of hydrogen-bond acceptors (Lipinski definition) is 2. The zero-order valence-corrected chi connectivity index (χ0v) is 11.8. The Kier molecular flexibility index (Phi) is 3.53. The minimum absolute atomic E-state index is 0.763. The number of aryl methyl sites for hydroxylation is 1. The highest BCUT2D eigenvalue weighted by Crippen LogP contribution is 2.28. The fourth-order valence-corrected chi connectivity index (χ4v) is 2.77. The summed E-state index contributed by atoms with van der Waals surface area (Å²) in [4.78, 5) is 6.96. The van der Waals surface area contributed by atoms with Crippen LogP contribution in [0, 0.1) is 18.8 Å². The Labute approximate surface area is 106 Å². The maximum atomic E-state index is 4.54. The Morgan fingerprint density at radius 1 is 1.38 bits per heavy atom. The number of hydrogen-bond donors (Lipinski definition) is 0. The van der Waals surface area contributed by atoms with Crippen molar-refractivity contribution in [3.05, 3.63) is 22.3 Å². The zero-order valence-electron chi connectivity index (χ0n) is 10.2. The summed E-state index contributed by atoms with van der Waals surface area (Å²) in [7, 11) is 0. The van der Waals surface area contributed by atoms with Gasteiger partial charge >= 0.3 is 0 Å². The van der Waals surface area contributed by atoms with E-state index >= 15 is 0 Å². The van der Waals surface area contributed by atoms with Crippen molar-refractivity contribution in [1.29, 1.82) is 0 Å². The monoisotopic (exact) mass is 282 g/mol. The standard InChI is InChI=1S/C13H19BrN2/c1-9-4-5-16(8-11(9)3)13-10(2)6-12(14)7-15-13/h6-7,9,11H,4-5,8H2,1-3H3. The van der Waals surface area contributed by atoms with Crippen LogP contribution in [0.5, 0.6) is 0 Å². The van der Waals surface area contributed by atoms with Crippen LogP contribution in [-0.2, 0) is 0 Å². The molecule has 0 saturated carbocycles. The summed E-state index contributed by atoms with van der Waals surface area (Å²) in [6.07, 6.45) is 3.17. The number of aromatic nitrogens is 1. The Balaban J connectivity index is 2.18. The molecule has 2 nitrogen and oxygen atoms in total. The summed E-state index contributed by atoms with van der Waals surface area (Å²) in [6.45, 7) is 9.10. The first-order valence-electron chi connectivity index (χ1n) is 5.95.